The third kappa shape index (κ3) is 6.00. The molecule has 0 fully saturated rings. The highest BCUT2D eigenvalue weighted by atomic mass is 35.5. The van der Waals surface area contributed by atoms with Crippen LogP contribution in [-0.4, -0.2) is 10.3 Å². The van der Waals surface area contributed by atoms with Crippen LogP contribution in [0.1, 0.15) is 63.6 Å². The molecule has 1 aromatic carbocycles. The highest BCUT2D eigenvalue weighted by Gasteiger charge is 2.14. The van der Waals surface area contributed by atoms with Gasteiger partial charge in [0.05, 0.1) is 0 Å². The number of phenolic OH excluding ortho intramolecular Hbond substituents is 1. The van der Waals surface area contributed by atoms with E-state index >= 15 is 0 Å². The van der Waals surface area contributed by atoms with Gasteiger partial charge in [0, 0.05) is 6.42 Å². The fourth-order valence-corrected chi connectivity index (χ4v) is 2.66. The summed E-state index contributed by atoms with van der Waals surface area (Å²) in [5, 5.41) is 10.3. The van der Waals surface area contributed by atoms with E-state index in [1.165, 1.54) is 0 Å². The van der Waals surface area contributed by atoms with Crippen LogP contribution in [0.5, 0.6) is 5.75 Å². The van der Waals surface area contributed by atoms with Gasteiger partial charge in [0.1, 0.15) is 5.75 Å². The van der Waals surface area contributed by atoms with Crippen molar-refractivity contribution in [2.75, 3.05) is 0 Å². The second-order valence-electron chi connectivity index (χ2n) is 6.55. The van der Waals surface area contributed by atoms with Gasteiger partial charge in [0.15, 0.2) is 0 Å². The van der Waals surface area contributed by atoms with Crippen molar-refractivity contribution in [3.05, 3.63) is 28.8 Å². The van der Waals surface area contributed by atoms with Gasteiger partial charge in [0.25, 0.3) is 0 Å². The molecule has 22 heavy (non-hydrogen) atoms. The van der Waals surface area contributed by atoms with Gasteiger partial charge in [-0.05, 0) is 59.4 Å². The molecule has 0 spiro atoms. The van der Waals surface area contributed by atoms with E-state index in [-0.39, 0.29) is 5.24 Å². The number of phenols is 1. The van der Waals surface area contributed by atoms with Crippen molar-refractivity contribution in [1.82, 2.24) is 0 Å². The number of rotatable bonds is 9. The predicted octanol–water partition coefficient (Wildman–Crippen LogP) is 5.27. The lowest BCUT2D eigenvalue weighted by atomic mass is 9.90. The lowest BCUT2D eigenvalue weighted by molar-refractivity contribution is -0.111. The first-order chi connectivity index (χ1) is 10.4. The highest BCUT2D eigenvalue weighted by molar-refractivity contribution is 6.63. The van der Waals surface area contributed by atoms with Gasteiger partial charge in [-0.1, -0.05) is 52.7 Å². The third-order valence-corrected chi connectivity index (χ3v) is 4.66. The molecule has 0 saturated carbocycles. The van der Waals surface area contributed by atoms with Crippen LogP contribution < -0.4 is 0 Å². The van der Waals surface area contributed by atoms with E-state index in [0.717, 1.165) is 42.4 Å². The monoisotopic (exact) mass is 324 g/mol. The predicted molar refractivity (Wildman–Crippen MR) is 93.6 cm³/mol. The highest BCUT2D eigenvalue weighted by Crippen LogP contribution is 2.30. The number of aryl methyl sites for hydroxylation is 1. The SMILES string of the molecule is CCC(C)Cc1cc(CCC(=O)Cl)cc(CC(C)CC)c1O. The van der Waals surface area contributed by atoms with E-state index in [2.05, 4.69) is 27.7 Å². The van der Waals surface area contributed by atoms with Gasteiger partial charge in [-0.2, -0.15) is 0 Å². The minimum Gasteiger partial charge on any atom is -0.507 e. The Labute approximate surface area is 139 Å². The van der Waals surface area contributed by atoms with E-state index in [1.54, 1.807) is 0 Å². The molecule has 0 amide bonds. The zero-order valence-corrected chi connectivity index (χ0v) is 15.0. The molecule has 2 unspecified atom stereocenters. The smallest absolute Gasteiger partial charge is 0.221 e. The summed E-state index contributed by atoms with van der Waals surface area (Å²) in [6.45, 7) is 8.72. The van der Waals surface area contributed by atoms with Crippen LogP contribution in [0.3, 0.4) is 0 Å². The van der Waals surface area contributed by atoms with Gasteiger partial charge >= 0.3 is 0 Å². The Kier molecular flexibility index (Phi) is 7.95. The Bertz CT molecular complexity index is 463. The summed E-state index contributed by atoms with van der Waals surface area (Å²) in [5.74, 6) is 1.51. The molecule has 0 aliphatic carbocycles. The number of carbonyl (C=O) groups is 1. The second kappa shape index (κ2) is 9.19. The maximum atomic E-state index is 11.0. The van der Waals surface area contributed by atoms with E-state index in [9.17, 15) is 9.90 Å². The molecule has 3 heteroatoms. The fourth-order valence-electron chi connectivity index (χ4n) is 2.57. The molecule has 1 aromatic rings. The number of carbonyl (C=O) groups excluding carboxylic acids is 1. The molecule has 0 aliphatic rings. The van der Waals surface area contributed by atoms with Gasteiger partial charge < -0.3 is 5.11 Å². The Balaban J connectivity index is 3.08. The number of aromatic hydroxyl groups is 1. The van der Waals surface area contributed by atoms with Crippen molar-refractivity contribution in [3.63, 3.8) is 0 Å². The molecule has 2 nitrogen and oxygen atoms in total. The minimum absolute atomic E-state index is 0.306. The topological polar surface area (TPSA) is 37.3 Å². The quantitative estimate of drug-likeness (QED) is 0.628. The van der Waals surface area contributed by atoms with Crippen LogP contribution in [0.2, 0.25) is 0 Å². The van der Waals surface area contributed by atoms with E-state index in [4.69, 9.17) is 11.6 Å². The summed E-state index contributed by atoms with van der Waals surface area (Å²) >= 11 is 5.46. The van der Waals surface area contributed by atoms with Crippen molar-refractivity contribution in [1.29, 1.82) is 0 Å². The molecule has 2 atom stereocenters. The Morgan fingerprint density at radius 2 is 1.55 bits per heavy atom. The number of hydrogen-bond donors (Lipinski definition) is 1. The summed E-state index contributed by atoms with van der Waals surface area (Å²) in [4.78, 5) is 11.0. The standard InChI is InChI=1S/C19H29ClO2/c1-5-13(3)9-16-11-15(7-8-18(20)21)12-17(19(16)22)10-14(4)6-2/h11-14,22H,5-10H2,1-4H3. The van der Waals surface area contributed by atoms with Crippen LogP contribution in [-0.2, 0) is 24.1 Å². The molecule has 0 saturated heterocycles. The first-order valence-corrected chi connectivity index (χ1v) is 8.77. The summed E-state index contributed by atoms with van der Waals surface area (Å²) < 4.78 is 0. The maximum Gasteiger partial charge on any atom is 0.221 e. The van der Waals surface area contributed by atoms with Crippen molar-refractivity contribution in [2.24, 2.45) is 11.8 Å². The lowest BCUT2D eigenvalue weighted by Gasteiger charge is -2.17. The molecule has 0 bridgehead atoms. The Morgan fingerprint density at radius 3 is 1.91 bits per heavy atom. The molecule has 1 N–H and O–H groups in total. The lowest BCUT2D eigenvalue weighted by Crippen LogP contribution is -2.05. The average molecular weight is 325 g/mol. The van der Waals surface area contributed by atoms with Gasteiger partial charge in [-0.25, -0.2) is 0 Å². The van der Waals surface area contributed by atoms with E-state index in [1.807, 2.05) is 12.1 Å². The molecule has 124 valence electrons. The van der Waals surface area contributed by atoms with Crippen LogP contribution >= 0.6 is 11.6 Å². The average Bonchev–Trinajstić information content (AvgIpc) is 2.48. The molecule has 0 heterocycles. The largest absolute Gasteiger partial charge is 0.507 e. The second-order valence-corrected chi connectivity index (χ2v) is 6.97. The Hall–Kier alpha value is -1.02. The fraction of sp³-hybridized carbons (Fsp3) is 0.632. The van der Waals surface area contributed by atoms with Crippen LogP contribution in [0, 0.1) is 11.8 Å². The van der Waals surface area contributed by atoms with Gasteiger partial charge in [-0.3, -0.25) is 4.79 Å². The molecular formula is C19H29ClO2. The molecule has 0 aromatic heterocycles. The van der Waals surface area contributed by atoms with Crippen molar-refractivity contribution < 1.29 is 9.90 Å². The first-order valence-electron chi connectivity index (χ1n) is 8.39. The summed E-state index contributed by atoms with van der Waals surface area (Å²) in [5.41, 5.74) is 3.11. The van der Waals surface area contributed by atoms with Crippen LogP contribution in [0.4, 0.5) is 0 Å². The normalized spacial score (nSPS) is 13.9. The van der Waals surface area contributed by atoms with Crippen LogP contribution in [0.25, 0.3) is 0 Å². The summed E-state index contributed by atoms with van der Waals surface area (Å²) in [7, 11) is 0. The summed E-state index contributed by atoms with van der Waals surface area (Å²) in [6.07, 6.45) is 4.91. The van der Waals surface area contributed by atoms with E-state index < -0.39 is 0 Å². The molecule has 0 aliphatic heterocycles. The van der Waals surface area contributed by atoms with Crippen LogP contribution in [0.15, 0.2) is 12.1 Å². The molecule has 0 radical (unpaired) electrons. The zero-order valence-electron chi connectivity index (χ0n) is 14.3. The van der Waals surface area contributed by atoms with Crippen molar-refractivity contribution >= 4 is 16.8 Å². The molecular weight excluding hydrogens is 296 g/mol. The number of hydrogen-bond acceptors (Lipinski definition) is 2. The van der Waals surface area contributed by atoms with Crippen molar-refractivity contribution in [2.45, 2.75) is 66.2 Å². The maximum absolute atomic E-state index is 11.0. The number of halogens is 1. The number of benzene rings is 1. The third-order valence-electron chi connectivity index (χ3n) is 4.47. The minimum atomic E-state index is -0.306. The summed E-state index contributed by atoms with van der Waals surface area (Å²) in [6, 6.07) is 4.09. The van der Waals surface area contributed by atoms with Gasteiger partial charge in [0.2, 0.25) is 5.24 Å². The zero-order chi connectivity index (χ0) is 16.7. The first kappa shape index (κ1) is 19.0. The van der Waals surface area contributed by atoms with E-state index in [0.29, 0.717) is 30.4 Å². The van der Waals surface area contributed by atoms with Crippen molar-refractivity contribution in [3.8, 4) is 5.75 Å². The Morgan fingerprint density at radius 1 is 1.09 bits per heavy atom. The van der Waals surface area contributed by atoms with Gasteiger partial charge in [-0.15, -0.1) is 0 Å². The molecule has 1 rings (SSSR count).